The molecule has 0 radical (unpaired) electrons. The molecule has 1 fully saturated rings. The molecule has 1 amide bonds. The fraction of sp³-hybridized carbons (Fsp3) is 0.615. The van der Waals surface area contributed by atoms with Gasteiger partial charge in [0.15, 0.2) is 0 Å². The number of hydrogen-bond donors (Lipinski definition) is 2. The maximum Gasteiger partial charge on any atom is 0.354 e. The van der Waals surface area contributed by atoms with Crippen molar-refractivity contribution in [2.75, 3.05) is 0 Å². The third-order valence-electron chi connectivity index (χ3n) is 3.69. The highest BCUT2D eigenvalue weighted by atomic mass is 16.4. The molecule has 2 rings (SSSR count). The van der Waals surface area contributed by atoms with E-state index >= 15 is 0 Å². The predicted octanol–water partition coefficient (Wildman–Crippen LogP) is 1.28. The van der Waals surface area contributed by atoms with E-state index in [0.29, 0.717) is 5.92 Å². The van der Waals surface area contributed by atoms with Gasteiger partial charge in [-0.25, -0.2) is 9.48 Å². The van der Waals surface area contributed by atoms with Gasteiger partial charge in [-0.1, -0.05) is 19.8 Å². The second-order valence-electron chi connectivity index (χ2n) is 5.11. The number of carbonyl (C=O) groups excluding carboxylic acids is 1. The van der Waals surface area contributed by atoms with E-state index in [2.05, 4.69) is 17.3 Å². The van der Waals surface area contributed by atoms with Crippen molar-refractivity contribution in [3.05, 3.63) is 18.0 Å². The Kier molecular flexibility index (Phi) is 4.19. The van der Waals surface area contributed by atoms with Crippen molar-refractivity contribution in [3.63, 3.8) is 0 Å². The van der Waals surface area contributed by atoms with Gasteiger partial charge in [-0.15, -0.1) is 0 Å². The van der Waals surface area contributed by atoms with Crippen LogP contribution >= 0.6 is 0 Å². The molecule has 2 unspecified atom stereocenters. The van der Waals surface area contributed by atoms with E-state index in [4.69, 9.17) is 5.11 Å². The first-order valence-corrected chi connectivity index (χ1v) is 6.62. The molecule has 2 N–H and O–H groups in total. The molecule has 0 aromatic carbocycles. The highest BCUT2D eigenvalue weighted by molar-refractivity contribution is 5.86. The van der Waals surface area contributed by atoms with Gasteiger partial charge in [0.05, 0.1) is 0 Å². The minimum absolute atomic E-state index is 0.0341. The molecule has 6 heteroatoms. The van der Waals surface area contributed by atoms with Crippen LogP contribution in [-0.2, 0) is 11.3 Å². The summed E-state index contributed by atoms with van der Waals surface area (Å²) in [5, 5.41) is 15.8. The van der Waals surface area contributed by atoms with Gasteiger partial charge in [0.1, 0.15) is 12.2 Å². The standard InChI is InChI=1S/C13H19N3O3/c1-9-4-2-3-5-10(9)15-12(17)8-16-11(13(18)19)6-7-14-16/h6-7,9-10H,2-5,8H2,1H3,(H,15,17)(H,18,19). The number of carboxylic acids is 1. The number of aromatic nitrogens is 2. The lowest BCUT2D eigenvalue weighted by Crippen LogP contribution is -2.42. The molecule has 1 aliphatic rings. The van der Waals surface area contributed by atoms with E-state index in [9.17, 15) is 9.59 Å². The third-order valence-corrected chi connectivity index (χ3v) is 3.69. The summed E-state index contributed by atoms with van der Waals surface area (Å²) >= 11 is 0. The summed E-state index contributed by atoms with van der Waals surface area (Å²) in [4.78, 5) is 22.8. The summed E-state index contributed by atoms with van der Waals surface area (Å²) in [5.74, 6) is -0.768. The van der Waals surface area contributed by atoms with Gasteiger partial charge in [0.2, 0.25) is 5.91 Å². The minimum atomic E-state index is -1.07. The van der Waals surface area contributed by atoms with Gasteiger partial charge in [-0.05, 0) is 24.8 Å². The first kappa shape index (κ1) is 13.6. The van der Waals surface area contributed by atoms with Gasteiger partial charge in [-0.3, -0.25) is 4.79 Å². The summed E-state index contributed by atoms with van der Waals surface area (Å²) in [6, 6.07) is 1.59. The van der Waals surface area contributed by atoms with Crippen molar-refractivity contribution in [3.8, 4) is 0 Å². The van der Waals surface area contributed by atoms with Gasteiger partial charge in [-0.2, -0.15) is 5.10 Å². The van der Waals surface area contributed by atoms with Gasteiger partial charge < -0.3 is 10.4 Å². The molecular formula is C13H19N3O3. The molecular weight excluding hydrogens is 246 g/mol. The Balaban J connectivity index is 1.93. The van der Waals surface area contributed by atoms with Crippen LogP contribution in [0.1, 0.15) is 43.1 Å². The summed E-state index contributed by atoms with van der Waals surface area (Å²) in [5.41, 5.74) is 0.0341. The van der Waals surface area contributed by atoms with E-state index in [0.717, 1.165) is 19.3 Å². The Bertz CT molecular complexity index is 469. The number of rotatable bonds is 4. The monoisotopic (exact) mass is 265 g/mol. The molecule has 0 saturated heterocycles. The van der Waals surface area contributed by atoms with Crippen molar-refractivity contribution < 1.29 is 14.7 Å². The topological polar surface area (TPSA) is 84.2 Å². The third kappa shape index (κ3) is 3.33. The van der Waals surface area contributed by atoms with Crippen LogP contribution in [0.15, 0.2) is 12.3 Å². The zero-order valence-electron chi connectivity index (χ0n) is 11.0. The Morgan fingerprint density at radius 1 is 1.47 bits per heavy atom. The quantitative estimate of drug-likeness (QED) is 0.858. The largest absolute Gasteiger partial charge is 0.477 e. The van der Waals surface area contributed by atoms with Crippen molar-refractivity contribution in [1.29, 1.82) is 0 Å². The van der Waals surface area contributed by atoms with Crippen LogP contribution in [0, 0.1) is 5.92 Å². The van der Waals surface area contributed by atoms with Crippen molar-refractivity contribution in [1.82, 2.24) is 15.1 Å². The van der Waals surface area contributed by atoms with Crippen LogP contribution in [0.4, 0.5) is 0 Å². The number of carbonyl (C=O) groups is 2. The van der Waals surface area contributed by atoms with Gasteiger partial charge in [0, 0.05) is 12.2 Å². The summed E-state index contributed by atoms with van der Waals surface area (Å²) in [6.07, 6.45) is 5.87. The smallest absolute Gasteiger partial charge is 0.354 e. The summed E-state index contributed by atoms with van der Waals surface area (Å²) in [6.45, 7) is 2.10. The van der Waals surface area contributed by atoms with Crippen LogP contribution in [0.25, 0.3) is 0 Å². The van der Waals surface area contributed by atoms with E-state index in [1.165, 1.54) is 23.4 Å². The highest BCUT2D eigenvalue weighted by Gasteiger charge is 2.23. The fourth-order valence-corrected chi connectivity index (χ4v) is 2.56. The average Bonchev–Trinajstić information content (AvgIpc) is 2.80. The maximum atomic E-state index is 11.9. The van der Waals surface area contributed by atoms with Gasteiger partial charge in [0.25, 0.3) is 0 Å². The molecule has 2 atom stereocenters. The number of amides is 1. The Labute approximate surface area is 111 Å². The fourth-order valence-electron chi connectivity index (χ4n) is 2.56. The van der Waals surface area contributed by atoms with Crippen LogP contribution in [0.3, 0.4) is 0 Å². The lowest BCUT2D eigenvalue weighted by Gasteiger charge is -2.29. The van der Waals surface area contributed by atoms with E-state index < -0.39 is 5.97 Å². The average molecular weight is 265 g/mol. The minimum Gasteiger partial charge on any atom is -0.477 e. The van der Waals surface area contributed by atoms with E-state index in [-0.39, 0.29) is 24.2 Å². The number of aromatic carboxylic acids is 1. The molecule has 1 aliphatic carbocycles. The second-order valence-corrected chi connectivity index (χ2v) is 5.11. The first-order chi connectivity index (χ1) is 9.08. The van der Waals surface area contributed by atoms with Crippen molar-refractivity contribution >= 4 is 11.9 Å². The lowest BCUT2D eigenvalue weighted by atomic mass is 9.86. The molecule has 104 valence electrons. The first-order valence-electron chi connectivity index (χ1n) is 6.62. The number of carboxylic acid groups (broad SMARTS) is 1. The normalized spacial score (nSPS) is 23.0. The predicted molar refractivity (Wildman–Crippen MR) is 68.7 cm³/mol. The molecule has 19 heavy (non-hydrogen) atoms. The SMILES string of the molecule is CC1CCCCC1NC(=O)Cn1nccc1C(=O)O. The lowest BCUT2D eigenvalue weighted by molar-refractivity contribution is -0.123. The van der Waals surface area contributed by atoms with Crippen LogP contribution in [0.2, 0.25) is 0 Å². The number of hydrogen-bond acceptors (Lipinski definition) is 3. The highest BCUT2D eigenvalue weighted by Crippen LogP contribution is 2.23. The molecule has 0 aliphatic heterocycles. The van der Waals surface area contributed by atoms with Crippen LogP contribution in [-0.4, -0.2) is 32.8 Å². The summed E-state index contributed by atoms with van der Waals surface area (Å²) < 4.78 is 1.21. The van der Waals surface area contributed by atoms with Crippen molar-refractivity contribution in [2.24, 2.45) is 5.92 Å². The Morgan fingerprint density at radius 2 is 2.21 bits per heavy atom. The van der Waals surface area contributed by atoms with E-state index in [1.54, 1.807) is 0 Å². The van der Waals surface area contributed by atoms with Crippen molar-refractivity contribution in [2.45, 2.75) is 45.2 Å². The van der Waals surface area contributed by atoms with Crippen LogP contribution in [0.5, 0.6) is 0 Å². The molecule has 6 nitrogen and oxygen atoms in total. The molecule has 1 heterocycles. The van der Waals surface area contributed by atoms with Crippen LogP contribution < -0.4 is 5.32 Å². The molecule has 0 bridgehead atoms. The molecule has 0 spiro atoms. The maximum absolute atomic E-state index is 11.9. The van der Waals surface area contributed by atoms with Gasteiger partial charge >= 0.3 is 5.97 Å². The number of nitrogens with one attached hydrogen (secondary N) is 1. The molecule has 1 aromatic heterocycles. The zero-order chi connectivity index (χ0) is 13.8. The zero-order valence-corrected chi connectivity index (χ0v) is 11.0. The Hall–Kier alpha value is -1.85. The Morgan fingerprint density at radius 3 is 2.89 bits per heavy atom. The molecule has 1 saturated carbocycles. The van der Waals surface area contributed by atoms with E-state index in [1.807, 2.05) is 0 Å². The second kappa shape index (κ2) is 5.86. The molecule has 1 aromatic rings. The summed E-state index contributed by atoms with van der Waals surface area (Å²) in [7, 11) is 0. The number of nitrogens with zero attached hydrogens (tertiary/aromatic N) is 2.